The lowest BCUT2D eigenvalue weighted by molar-refractivity contribution is -0.122. The van der Waals surface area contributed by atoms with Gasteiger partial charge < -0.3 is 15.5 Å². The summed E-state index contributed by atoms with van der Waals surface area (Å²) in [6.07, 6.45) is 5.86. The number of carbonyl (C=O) groups is 2. The van der Waals surface area contributed by atoms with Gasteiger partial charge in [-0.05, 0) is 63.5 Å². The molecule has 0 radical (unpaired) electrons. The number of nitrogens with one attached hydrogen (secondary N) is 2. The Bertz CT molecular complexity index is 755. The monoisotopic (exact) mass is 431 g/mol. The van der Waals surface area contributed by atoms with Crippen LogP contribution >= 0.6 is 0 Å². The molecule has 7 heteroatoms. The maximum atomic E-state index is 13.0. The fourth-order valence-electron chi connectivity index (χ4n) is 4.72. The smallest absolute Gasteiger partial charge is 0.272 e. The minimum atomic E-state index is -0.0724. The third kappa shape index (κ3) is 6.79. The van der Waals surface area contributed by atoms with Crippen molar-refractivity contribution in [2.45, 2.75) is 85.2 Å². The van der Waals surface area contributed by atoms with E-state index in [4.69, 9.17) is 5.10 Å². The third-order valence-corrected chi connectivity index (χ3v) is 6.28. The van der Waals surface area contributed by atoms with Gasteiger partial charge in [0.1, 0.15) is 0 Å². The molecule has 0 saturated carbocycles. The van der Waals surface area contributed by atoms with E-state index < -0.39 is 0 Å². The van der Waals surface area contributed by atoms with Crippen LogP contribution in [0.4, 0.5) is 0 Å². The summed E-state index contributed by atoms with van der Waals surface area (Å²) in [6, 6.07) is 0.0891. The summed E-state index contributed by atoms with van der Waals surface area (Å²) < 4.78 is 2.05. The summed E-state index contributed by atoms with van der Waals surface area (Å²) in [5.74, 6) is 1.23. The van der Waals surface area contributed by atoms with Crippen LogP contribution in [0.2, 0.25) is 0 Å². The maximum Gasteiger partial charge on any atom is 0.272 e. The Hall–Kier alpha value is -1.89. The van der Waals surface area contributed by atoms with E-state index in [0.717, 1.165) is 63.8 Å². The summed E-state index contributed by atoms with van der Waals surface area (Å²) in [7, 11) is 0. The van der Waals surface area contributed by atoms with Crippen molar-refractivity contribution >= 4 is 11.8 Å². The van der Waals surface area contributed by atoms with Gasteiger partial charge in [-0.3, -0.25) is 14.3 Å². The van der Waals surface area contributed by atoms with E-state index in [1.807, 2.05) is 0 Å². The van der Waals surface area contributed by atoms with E-state index in [1.54, 1.807) is 0 Å². The zero-order chi connectivity index (χ0) is 22.4. The minimum absolute atomic E-state index is 0.0724. The van der Waals surface area contributed by atoms with Crippen LogP contribution in [0.3, 0.4) is 0 Å². The molecule has 174 valence electrons. The Labute approximate surface area is 187 Å². The molecule has 3 rings (SSSR count). The van der Waals surface area contributed by atoms with Crippen LogP contribution in [0.1, 0.15) is 81.5 Å². The van der Waals surface area contributed by atoms with Crippen LogP contribution in [0.25, 0.3) is 0 Å². The molecule has 2 heterocycles. The molecular weight excluding hydrogens is 390 g/mol. The van der Waals surface area contributed by atoms with Gasteiger partial charge in [-0.25, -0.2) is 0 Å². The van der Waals surface area contributed by atoms with Crippen LogP contribution in [0, 0.1) is 11.8 Å². The number of aromatic nitrogens is 2. The highest BCUT2D eigenvalue weighted by molar-refractivity contribution is 5.94. The van der Waals surface area contributed by atoms with Gasteiger partial charge in [0.2, 0.25) is 5.91 Å². The highest BCUT2D eigenvalue weighted by atomic mass is 16.2. The van der Waals surface area contributed by atoms with E-state index in [1.165, 1.54) is 5.69 Å². The van der Waals surface area contributed by atoms with Gasteiger partial charge in [0.15, 0.2) is 5.69 Å². The van der Waals surface area contributed by atoms with Gasteiger partial charge >= 0.3 is 0 Å². The molecule has 0 saturated heterocycles. The van der Waals surface area contributed by atoms with Gasteiger partial charge in [0.25, 0.3) is 5.91 Å². The molecule has 2 N–H and O–H groups in total. The van der Waals surface area contributed by atoms with Gasteiger partial charge in [0.05, 0.1) is 0 Å². The van der Waals surface area contributed by atoms with Crippen molar-refractivity contribution in [3.05, 3.63) is 17.0 Å². The second-order valence-corrected chi connectivity index (χ2v) is 10.1. The predicted octanol–water partition coefficient (Wildman–Crippen LogP) is 2.77. The molecule has 31 heavy (non-hydrogen) atoms. The Balaban J connectivity index is 1.78. The Morgan fingerprint density at radius 2 is 1.84 bits per heavy atom. The lowest BCUT2D eigenvalue weighted by Gasteiger charge is -2.25. The van der Waals surface area contributed by atoms with E-state index >= 15 is 0 Å². The number of nitrogens with zero attached hydrogens (tertiary/aromatic N) is 3. The fraction of sp³-hybridized carbons (Fsp3) is 0.792. The van der Waals surface area contributed by atoms with Crippen LogP contribution < -0.4 is 10.6 Å². The molecule has 1 aliphatic heterocycles. The third-order valence-electron chi connectivity index (χ3n) is 6.28. The molecule has 1 unspecified atom stereocenters. The Morgan fingerprint density at radius 1 is 1.06 bits per heavy atom. The van der Waals surface area contributed by atoms with Crippen molar-refractivity contribution in [2.75, 3.05) is 26.2 Å². The molecule has 0 spiro atoms. The highest BCUT2D eigenvalue weighted by Crippen LogP contribution is 2.26. The fourth-order valence-corrected chi connectivity index (χ4v) is 4.72. The second-order valence-electron chi connectivity index (χ2n) is 10.1. The summed E-state index contributed by atoms with van der Waals surface area (Å²) in [5.41, 5.74) is 2.78. The average Bonchev–Trinajstić information content (AvgIpc) is 3.06. The molecular formula is C24H41N5O2. The molecule has 2 aliphatic rings. The summed E-state index contributed by atoms with van der Waals surface area (Å²) in [4.78, 5) is 28.0. The molecule has 1 aromatic rings. The number of aryl methyl sites for hydroxylation is 1. The normalized spacial score (nSPS) is 21.5. The zero-order valence-electron chi connectivity index (χ0n) is 19.9. The first-order chi connectivity index (χ1) is 14.8. The van der Waals surface area contributed by atoms with Crippen LogP contribution in [-0.2, 0) is 24.2 Å². The van der Waals surface area contributed by atoms with Crippen molar-refractivity contribution in [3.8, 4) is 0 Å². The van der Waals surface area contributed by atoms with E-state index in [0.29, 0.717) is 36.9 Å². The second kappa shape index (κ2) is 11.1. The first-order valence-corrected chi connectivity index (χ1v) is 12.2. The zero-order valence-corrected chi connectivity index (χ0v) is 19.9. The van der Waals surface area contributed by atoms with E-state index in [2.05, 4.69) is 47.9 Å². The number of rotatable bonds is 5. The molecule has 7 nitrogen and oxygen atoms in total. The standard InChI is InChI=1S/C24H41N5O2/c1-17(2)10-14-29-21-9-8-19-15-20(21)23(27-29)24(31)25-11-6-13-28(16-18(3)4)12-5-7-22(30)26-19/h17-19H,5-16H2,1-4H3,(H,25,31)(H,26,30). The van der Waals surface area contributed by atoms with Crippen molar-refractivity contribution in [1.29, 1.82) is 0 Å². The van der Waals surface area contributed by atoms with Crippen LogP contribution in [0.15, 0.2) is 0 Å². The Kier molecular flexibility index (Phi) is 8.52. The van der Waals surface area contributed by atoms with Crippen molar-refractivity contribution in [3.63, 3.8) is 0 Å². The highest BCUT2D eigenvalue weighted by Gasteiger charge is 2.30. The Morgan fingerprint density at radius 3 is 2.58 bits per heavy atom. The SMILES string of the molecule is CC(C)CCn1nc2c3c1CCC(C3)NC(=O)CCCN(CC(C)C)CCCNC2=O. The predicted molar refractivity (Wildman–Crippen MR) is 123 cm³/mol. The molecule has 1 atom stereocenters. The van der Waals surface area contributed by atoms with Gasteiger partial charge in [0, 0.05) is 43.4 Å². The molecule has 0 aromatic carbocycles. The lowest BCUT2D eigenvalue weighted by Crippen LogP contribution is -2.39. The largest absolute Gasteiger partial charge is 0.353 e. The number of hydrogen-bond donors (Lipinski definition) is 2. The van der Waals surface area contributed by atoms with Gasteiger partial charge in [-0.2, -0.15) is 5.10 Å². The van der Waals surface area contributed by atoms with E-state index in [9.17, 15) is 9.59 Å². The number of fused-ring (bicyclic) bond motifs is 1. The van der Waals surface area contributed by atoms with E-state index in [-0.39, 0.29) is 17.9 Å². The molecule has 1 aliphatic carbocycles. The minimum Gasteiger partial charge on any atom is -0.353 e. The number of hydrogen-bond acceptors (Lipinski definition) is 4. The molecule has 2 bridgehead atoms. The summed E-state index contributed by atoms with van der Waals surface area (Å²) >= 11 is 0. The van der Waals surface area contributed by atoms with Crippen LogP contribution in [-0.4, -0.2) is 58.7 Å². The topological polar surface area (TPSA) is 79.3 Å². The summed E-state index contributed by atoms with van der Waals surface area (Å²) in [5, 5.41) is 11.1. The average molecular weight is 432 g/mol. The van der Waals surface area contributed by atoms with Gasteiger partial charge in [-0.15, -0.1) is 0 Å². The first-order valence-electron chi connectivity index (χ1n) is 12.2. The quantitative estimate of drug-likeness (QED) is 0.751. The lowest BCUT2D eigenvalue weighted by atomic mass is 9.91. The molecule has 1 aromatic heterocycles. The summed E-state index contributed by atoms with van der Waals surface area (Å²) in [6.45, 7) is 13.2. The van der Waals surface area contributed by atoms with Gasteiger partial charge in [-0.1, -0.05) is 27.7 Å². The van der Waals surface area contributed by atoms with Crippen molar-refractivity contribution in [2.24, 2.45) is 11.8 Å². The van der Waals surface area contributed by atoms with Crippen molar-refractivity contribution in [1.82, 2.24) is 25.3 Å². The van der Waals surface area contributed by atoms with Crippen LogP contribution in [0.5, 0.6) is 0 Å². The number of carbonyl (C=O) groups excluding carboxylic acids is 2. The van der Waals surface area contributed by atoms with Crippen molar-refractivity contribution < 1.29 is 9.59 Å². The maximum absolute atomic E-state index is 13.0. The first kappa shape index (κ1) is 23.8. The molecule has 2 amide bonds. The number of amides is 2. The molecule has 0 fully saturated rings.